The lowest BCUT2D eigenvalue weighted by atomic mass is 10.1. The van der Waals surface area contributed by atoms with Crippen LogP contribution in [0.1, 0.15) is 25.3 Å². The summed E-state index contributed by atoms with van der Waals surface area (Å²) in [5, 5.41) is 9.62. The van der Waals surface area contributed by atoms with Crippen molar-refractivity contribution in [1.82, 2.24) is 0 Å². The predicted molar refractivity (Wildman–Crippen MR) is 72.5 cm³/mol. The Hall–Kier alpha value is -1.73. The Morgan fingerprint density at radius 2 is 2.28 bits per heavy atom. The molecule has 0 aliphatic rings. The van der Waals surface area contributed by atoms with Gasteiger partial charge >= 0.3 is 0 Å². The van der Waals surface area contributed by atoms with Crippen molar-refractivity contribution in [3.05, 3.63) is 28.8 Å². The number of carbonyl (C=O) groups excluding carboxylic acids is 1. The average Bonchev–Trinajstić information content (AvgIpc) is 2.34. The van der Waals surface area contributed by atoms with Crippen molar-refractivity contribution in [1.29, 1.82) is 5.26 Å². The molecule has 0 atom stereocenters. The lowest BCUT2D eigenvalue weighted by molar-refractivity contribution is -0.116. The highest BCUT2D eigenvalue weighted by Crippen LogP contribution is 2.24. The zero-order valence-corrected chi connectivity index (χ0v) is 11.1. The van der Waals surface area contributed by atoms with Crippen LogP contribution in [0.5, 0.6) is 0 Å². The van der Waals surface area contributed by atoms with Gasteiger partial charge in [-0.1, -0.05) is 24.9 Å². The first-order chi connectivity index (χ1) is 8.58. The Balaban J connectivity index is 3.06. The Labute approximate surface area is 112 Å². The van der Waals surface area contributed by atoms with E-state index in [0.29, 0.717) is 22.8 Å². The zero-order chi connectivity index (χ0) is 13.5. The lowest BCUT2D eigenvalue weighted by Gasteiger charge is -2.24. The molecule has 0 spiro atoms. The van der Waals surface area contributed by atoms with E-state index in [-0.39, 0.29) is 6.54 Å². The van der Waals surface area contributed by atoms with Crippen LogP contribution in [0, 0.1) is 11.3 Å². The number of nitriles is 1. The fraction of sp³-hybridized carbons (Fsp3) is 0.385. The fourth-order valence-electron chi connectivity index (χ4n) is 1.68. The van der Waals surface area contributed by atoms with Crippen molar-refractivity contribution in [2.24, 2.45) is 5.73 Å². The summed E-state index contributed by atoms with van der Waals surface area (Å²) in [4.78, 5) is 12.9. The van der Waals surface area contributed by atoms with Crippen molar-refractivity contribution in [2.45, 2.75) is 19.8 Å². The summed E-state index contributed by atoms with van der Waals surface area (Å²) in [6.07, 6.45) is 1.92. The molecule has 5 heteroatoms. The van der Waals surface area contributed by atoms with E-state index >= 15 is 0 Å². The number of nitrogens with two attached hydrogens (primary N) is 1. The number of amides is 1. The van der Waals surface area contributed by atoms with E-state index < -0.39 is 5.91 Å². The molecular weight excluding hydrogens is 250 g/mol. The van der Waals surface area contributed by atoms with Crippen LogP contribution < -0.4 is 10.6 Å². The number of anilines is 1. The van der Waals surface area contributed by atoms with Crippen molar-refractivity contribution in [3.63, 3.8) is 0 Å². The standard InChI is InChI=1S/C13H16ClN3O/c1-2-3-6-17(9-13(16)18)12-7-11(14)5-4-10(12)8-15/h4-5,7H,2-3,6,9H2,1H3,(H2,16,18). The van der Waals surface area contributed by atoms with Crippen LogP contribution >= 0.6 is 11.6 Å². The number of primary amides is 1. The monoisotopic (exact) mass is 265 g/mol. The smallest absolute Gasteiger partial charge is 0.236 e. The summed E-state index contributed by atoms with van der Waals surface area (Å²) < 4.78 is 0. The first-order valence-electron chi connectivity index (χ1n) is 5.81. The predicted octanol–water partition coefficient (Wildman–Crippen LogP) is 2.30. The van der Waals surface area contributed by atoms with Gasteiger partial charge in [0.1, 0.15) is 6.07 Å². The molecule has 18 heavy (non-hydrogen) atoms. The van der Waals surface area contributed by atoms with Crippen molar-refractivity contribution >= 4 is 23.2 Å². The molecule has 1 rings (SSSR count). The van der Waals surface area contributed by atoms with E-state index in [0.717, 1.165) is 12.8 Å². The number of benzene rings is 1. The quantitative estimate of drug-likeness (QED) is 0.858. The second kappa shape index (κ2) is 6.87. The summed E-state index contributed by atoms with van der Waals surface area (Å²) in [5.74, 6) is -0.421. The van der Waals surface area contributed by atoms with Crippen LogP contribution in [0.25, 0.3) is 0 Å². The molecule has 1 amide bonds. The third-order valence-corrected chi connectivity index (χ3v) is 2.78. The molecule has 0 unspecified atom stereocenters. The van der Waals surface area contributed by atoms with Gasteiger partial charge in [0.25, 0.3) is 0 Å². The normalized spacial score (nSPS) is 9.83. The van der Waals surface area contributed by atoms with Gasteiger partial charge < -0.3 is 10.6 Å². The van der Waals surface area contributed by atoms with E-state index in [4.69, 9.17) is 22.6 Å². The van der Waals surface area contributed by atoms with E-state index in [1.807, 2.05) is 0 Å². The first kappa shape index (κ1) is 14.3. The number of hydrogen-bond acceptors (Lipinski definition) is 3. The molecule has 0 fully saturated rings. The number of carbonyl (C=O) groups is 1. The molecular formula is C13H16ClN3O. The largest absolute Gasteiger partial charge is 0.368 e. The Morgan fingerprint density at radius 1 is 1.56 bits per heavy atom. The highest BCUT2D eigenvalue weighted by Gasteiger charge is 2.13. The molecule has 1 aromatic rings. The third-order valence-electron chi connectivity index (χ3n) is 2.55. The maximum absolute atomic E-state index is 11.1. The van der Waals surface area contributed by atoms with Crippen LogP contribution in [0.3, 0.4) is 0 Å². The summed E-state index contributed by atoms with van der Waals surface area (Å²) >= 11 is 5.94. The summed E-state index contributed by atoms with van der Waals surface area (Å²) in [6.45, 7) is 2.83. The Morgan fingerprint density at radius 3 is 2.83 bits per heavy atom. The highest BCUT2D eigenvalue weighted by atomic mass is 35.5. The maximum atomic E-state index is 11.1. The first-order valence-corrected chi connectivity index (χ1v) is 6.19. The van der Waals surface area contributed by atoms with Crippen LogP contribution in [0.2, 0.25) is 5.02 Å². The number of rotatable bonds is 6. The van der Waals surface area contributed by atoms with Gasteiger partial charge in [-0.2, -0.15) is 5.26 Å². The highest BCUT2D eigenvalue weighted by molar-refractivity contribution is 6.30. The minimum atomic E-state index is -0.421. The van der Waals surface area contributed by atoms with E-state index in [9.17, 15) is 4.79 Å². The van der Waals surface area contributed by atoms with E-state index in [1.165, 1.54) is 0 Å². The van der Waals surface area contributed by atoms with Crippen molar-refractivity contribution in [3.8, 4) is 6.07 Å². The fourth-order valence-corrected chi connectivity index (χ4v) is 1.85. The third kappa shape index (κ3) is 3.94. The zero-order valence-electron chi connectivity index (χ0n) is 10.3. The number of unbranched alkanes of at least 4 members (excludes halogenated alkanes) is 1. The van der Waals surface area contributed by atoms with Gasteiger partial charge in [-0.15, -0.1) is 0 Å². The molecule has 0 aliphatic carbocycles. The van der Waals surface area contributed by atoms with Gasteiger partial charge in [0.15, 0.2) is 0 Å². The molecule has 0 aromatic heterocycles. The average molecular weight is 266 g/mol. The van der Waals surface area contributed by atoms with Crippen LogP contribution in [0.15, 0.2) is 18.2 Å². The van der Waals surface area contributed by atoms with Crippen LogP contribution in [-0.2, 0) is 4.79 Å². The molecule has 2 N–H and O–H groups in total. The maximum Gasteiger partial charge on any atom is 0.236 e. The number of nitrogens with zero attached hydrogens (tertiary/aromatic N) is 2. The Bertz CT molecular complexity index is 468. The van der Waals surface area contributed by atoms with Gasteiger partial charge in [-0.3, -0.25) is 4.79 Å². The topological polar surface area (TPSA) is 70.1 Å². The van der Waals surface area contributed by atoms with Crippen molar-refractivity contribution in [2.75, 3.05) is 18.0 Å². The van der Waals surface area contributed by atoms with Crippen LogP contribution in [0.4, 0.5) is 5.69 Å². The molecule has 1 aromatic carbocycles. The summed E-state index contributed by atoms with van der Waals surface area (Å²) in [5.41, 5.74) is 6.40. The Kier molecular flexibility index (Phi) is 5.47. The van der Waals surface area contributed by atoms with Gasteiger partial charge in [0.2, 0.25) is 5.91 Å². The van der Waals surface area contributed by atoms with E-state index in [2.05, 4.69) is 13.0 Å². The molecule has 96 valence electrons. The number of halogens is 1. The SMILES string of the molecule is CCCCN(CC(N)=O)c1cc(Cl)ccc1C#N. The molecule has 0 heterocycles. The van der Waals surface area contributed by atoms with Gasteiger partial charge in [-0.05, 0) is 24.6 Å². The van der Waals surface area contributed by atoms with Gasteiger partial charge in [0.05, 0.1) is 17.8 Å². The summed E-state index contributed by atoms with van der Waals surface area (Å²) in [6, 6.07) is 7.10. The second-order valence-corrected chi connectivity index (χ2v) is 4.45. The molecule has 0 bridgehead atoms. The minimum Gasteiger partial charge on any atom is -0.368 e. The second-order valence-electron chi connectivity index (χ2n) is 4.01. The van der Waals surface area contributed by atoms with Crippen molar-refractivity contribution < 1.29 is 4.79 Å². The molecule has 0 radical (unpaired) electrons. The number of hydrogen-bond donors (Lipinski definition) is 1. The summed E-state index contributed by atoms with van der Waals surface area (Å²) in [7, 11) is 0. The van der Waals surface area contributed by atoms with Gasteiger partial charge in [0, 0.05) is 11.6 Å². The molecule has 0 aliphatic heterocycles. The molecule has 4 nitrogen and oxygen atoms in total. The molecule has 0 saturated carbocycles. The molecule has 0 saturated heterocycles. The van der Waals surface area contributed by atoms with E-state index in [1.54, 1.807) is 23.1 Å². The minimum absolute atomic E-state index is 0.0923. The van der Waals surface area contributed by atoms with Gasteiger partial charge in [-0.25, -0.2) is 0 Å². The van der Waals surface area contributed by atoms with Crippen LogP contribution in [-0.4, -0.2) is 19.0 Å². The lowest BCUT2D eigenvalue weighted by Crippen LogP contribution is -2.35.